The van der Waals surface area contributed by atoms with E-state index in [1.165, 1.54) is 37.7 Å². The number of carbonyl (C=O) groups is 1. The standard InChI is InChI=1S/C25H43NS.CH2O/c1-9-11-20(4)23(7)21(5)13-10-12-18(2)14-15-19(3)22(6)16-25-17-27-24(8)26-25;1-2/h14,16-17,19-21,23H,9-13,15H2,1-8H3;1H2/b18-14-,22-16+;/t19?,20-,21-,23+;/m0./s1. The number of nitrogens with zero attached hydrogens (tertiary/aromatic N) is 1. The molecule has 29 heavy (non-hydrogen) atoms. The van der Waals surface area contributed by atoms with E-state index in [1.54, 1.807) is 16.9 Å². The lowest BCUT2D eigenvalue weighted by atomic mass is 9.80. The summed E-state index contributed by atoms with van der Waals surface area (Å²) in [6.07, 6.45) is 12.5. The third kappa shape index (κ3) is 11.5. The first-order chi connectivity index (χ1) is 13.7. The smallest absolute Gasteiger partial charge is 0.106 e. The first kappa shape index (κ1) is 27.8. The predicted molar refractivity (Wildman–Crippen MR) is 131 cm³/mol. The zero-order chi connectivity index (χ0) is 22.4. The number of aromatic nitrogens is 1. The minimum absolute atomic E-state index is 0.579. The van der Waals surface area contributed by atoms with Crippen LogP contribution in [-0.4, -0.2) is 11.8 Å². The Morgan fingerprint density at radius 3 is 2.31 bits per heavy atom. The summed E-state index contributed by atoms with van der Waals surface area (Å²) in [7, 11) is 0. The van der Waals surface area contributed by atoms with Crippen molar-refractivity contribution in [1.82, 2.24) is 4.98 Å². The lowest BCUT2D eigenvalue weighted by molar-refractivity contribution is -0.0979. The van der Waals surface area contributed by atoms with Crippen molar-refractivity contribution >= 4 is 24.2 Å². The summed E-state index contributed by atoms with van der Waals surface area (Å²) in [4.78, 5) is 12.5. The number of hydrogen-bond donors (Lipinski definition) is 0. The molecule has 0 aliphatic rings. The van der Waals surface area contributed by atoms with E-state index in [0.717, 1.165) is 34.9 Å². The first-order valence-corrected chi connectivity index (χ1v) is 12.2. The van der Waals surface area contributed by atoms with Crippen molar-refractivity contribution in [3.63, 3.8) is 0 Å². The van der Waals surface area contributed by atoms with Gasteiger partial charge in [0.1, 0.15) is 6.79 Å². The molecule has 4 atom stereocenters. The van der Waals surface area contributed by atoms with E-state index in [1.807, 2.05) is 6.79 Å². The molecule has 1 aromatic heterocycles. The number of allylic oxidation sites excluding steroid dienone is 3. The van der Waals surface area contributed by atoms with E-state index in [0.29, 0.717) is 5.92 Å². The van der Waals surface area contributed by atoms with Gasteiger partial charge in [-0.1, -0.05) is 71.1 Å². The second kappa shape index (κ2) is 15.6. The predicted octanol–water partition coefficient (Wildman–Crippen LogP) is 8.52. The van der Waals surface area contributed by atoms with Gasteiger partial charge in [0.15, 0.2) is 0 Å². The molecule has 0 fully saturated rings. The van der Waals surface area contributed by atoms with Gasteiger partial charge in [0, 0.05) is 5.38 Å². The van der Waals surface area contributed by atoms with Crippen LogP contribution in [0.5, 0.6) is 0 Å². The maximum Gasteiger partial charge on any atom is 0.106 e. The Labute approximate surface area is 184 Å². The third-order valence-electron chi connectivity index (χ3n) is 6.38. The second-order valence-electron chi connectivity index (χ2n) is 8.86. The number of aryl methyl sites for hydroxylation is 1. The summed E-state index contributed by atoms with van der Waals surface area (Å²) in [6.45, 7) is 20.6. The molecule has 0 radical (unpaired) electrons. The minimum Gasteiger partial charge on any atom is -0.307 e. The fourth-order valence-electron chi connectivity index (χ4n) is 3.73. The van der Waals surface area contributed by atoms with Gasteiger partial charge in [-0.25, -0.2) is 4.98 Å². The molecule has 1 rings (SSSR count). The summed E-state index contributed by atoms with van der Waals surface area (Å²) < 4.78 is 0. The van der Waals surface area contributed by atoms with Gasteiger partial charge in [0.05, 0.1) is 10.7 Å². The molecule has 3 heteroatoms. The molecule has 0 spiro atoms. The van der Waals surface area contributed by atoms with Crippen LogP contribution in [0, 0.1) is 30.6 Å². The highest BCUT2D eigenvalue weighted by Gasteiger charge is 2.18. The number of carbonyl (C=O) groups excluding carboxylic acids is 1. The largest absolute Gasteiger partial charge is 0.307 e. The molecule has 1 aromatic rings. The van der Waals surface area contributed by atoms with Crippen molar-refractivity contribution in [3.8, 4) is 0 Å². The molecular weight excluding hydrogens is 374 g/mol. The highest BCUT2D eigenvalue weighted by molar-refractivity contribution is 7.09. The third-order valence-corrected chi connectivity index (χ3v) is 7.17. The molecule has 166 valence electrons. The van der Waals surface area contributed by atoms with E-state index in [2.05, 4.69) is 77.9 Å². The summed E-state index contributed by atoms with van der Waals surface area (Å²) in [5.74, 6) is 3.12. The number of hydrogen-bond acceptors (Lipinski definition) is 3. The highest BCUT2D eigenvalue weighted by Crippen LogP contribution is 2.28. The van der Waals surface area contributed by atoms with Crippen LogP contribution >= 0.6 is 11.3 Å². The van der Waals surface area contributed by atoms with Gasteiger partial charge in [-0.2, -0.15) is 0 Å². The summed E-state index contributed by atoms with van der Waals surface area (Å²) >= 11 is 1.73. The summed E-state index contributed by atoms with van der Waals surface area (Å²) in [5, 5.41) is 3.29. The molecule has 1 heterocycles. The van der Waals surface area contributed by atoms with Gasteiger partial charge in [-0.05, 0) is 69.8 Å². The van der Waals surface area contributed by atoms with Gasteiger partial charge < -0.3 is 4.79 Å². The molecule has 0 aliphatic carbocycles. The Hall–Kier alpha value is -1.22. The molecule has 0 aliphatic heterocycles. The number of rotatable bonds is 12. The number of thiazole rings is 1. The molecule has 0 aromatic carbocycles. The van der Waals surface area contributed by atoms with E-state index < -0.39 is 0 Å². The van der Waals surface area contributed by atoms with Crippen molar-refractivity contribution in [2.45, 2.75) is 93.9 Å². The van der Waals surface area contributed by atoms with Crippen LogP contribution in [0.3, 0.4) is 0 Å². The molecule has 0 bridgehead atoms. The Morgan fingerprint density at radius 2 is 1.76 bits per heavy atom. The Bertz CT molecular complexity index is 616. The van der Waals surface area contributed by atoms with E-state index in [4.69, 9.17) is 4.79 Å². The SMILES string of the molecule is C=O.CCC[C@H](C)[C@@H](C)[C@@H](C)CCC/C(C)=C\CC(C)/C(C)=C/c1csc(C)n1. The van der Waals surface area contributed by atoms with Gasteiger partial charge >= 0.3 is 0 Å². The van der Waals surface area contributed by atoms with E-state index in [-0.39, 0.29) is 0 Å². The Morgan fingerprint density at radius 1 is 1.14 bits per heavy atom. The Balaban J connectivity index is 0.00000379. The second-order valence-corrected chi connectivity index (χ2v) is 9.92. The van der Waals surface area contributed by atoms with E-state index >= 15 is 0 Å². The van der Waals surface area contributed by atoms with Gasteiger partial charge in [-0.15, -0.1) is 11.3 Å². The van der Waals surface area contributed by atoms with Crippen LogP contribution in [0.4, 0.5) is 0 Å². The van der Waals surface area contributed by atoms with Gasteiger partial charge in [-0.3, -0.25) is 0 Å². The zero-order valence-electron chi connectivity index (χ0n) is 20.3. The Kier molecular flexibility index (Phi) is 14.9. The molecule has 2 nitrogen and oxygen atoms in total. The van der Waals surface area contributed by atoms with Crippen molar-refractivity contribution in [1.29, 1.82) is 0 Å². The lowest BCUT2D eigenvalue weighted by Crippen LogP contribution is -2.16. The van der Waals surface area contributed by atoms with Crippen LogP contribution in [0.15, 0.2) is 22.6 Å². The molecular formula is C26H45NOS. The van der Waals surface area contributed by atoms with E-state index in [9.17, 15) is 0 Å². The molecule has 0 N–H and O–H groups in total. The van der Waals surface area contributed by atoms with Crippen LogP contribution in [0.2, 0.25) is 0 Å². The summed E-state index contributed by atoms with van der Waals surface area (Å²) in [5.41, 5.74) is 4.10. The van der Waals surface area contributed by atoms with Crippen molar-refractivity contribution < 1.29 is 4.79 Å². The van der Waals surface area contributed by atoms with Crippen molar-refractivity contribution in [3.05, 3.63) is 33.3 Å². The maximum absolute atomic E-state index is 8.00. The molecule has 1 unspecified atom stereocenters. The van der Waals surface area contributed by atoms with Crippen molar-refractivity contribution in [2.24, 2.45) is 23.7 Å². The molecule has 0 amide bonds. The normalized spacial score (nSPS) is 16.6. The quantitative estimate of drug-likeness (QED) is 0.318. The van der Waals surface area contributed by atoms with Crippen LogP contribution in [0.1, 0.15) is 97.7 Å². The molecule has 0 saturated heterocycles. The highest BCUT2D eigenvalue weighted by atomic mass is 32.1. The van der Waals surface area contributed by atoms with Gasteiger partial charge in [0.25, 0.3) is 0 Å². The first-order valence-electron chi connectivity index (χ1n) is 11.3. The fraction of sp³-hybridized carbons (Fsp3) is 0.692. The lowest BCUT2D eigenvalue weighted by Gasteiger charge is -2.26. The zero-order valence-corrected chi connectivity index (χ0v) is 21.1. The van der Waals surface area contributed by atoms with Crippen LogP contribution in [-0.2, 0) is 4.79 Å². The summed E-state index contributed by atoms with van der Waals surface area (Å²) in [6, 6.07) is 0. The maximum atomic E-state index is 8.00. The average Bonchev–Trinajstić information content (AvgIpc) is 3.11. The monoisotopic (exact) mass is 419 g/mol. The van der Waals surface area contributed by atoms with Crippen LogP contribution in [0.25, 0.3) is 6.08 Å². The van der Waals surface area contributed by atoms with Gasteiger partial charge in [0.2, 0.25) is 0 Å². The molecule has 0 saturated carbocycles. The fourth-order valence-corrected chi connectivity index (χ4v) is 4.30. The van der Waals surface area contributed by atoms with Crippen molar-refractivity contribution in [2.75, 3.05) is 0 Å². The van der Waals surface area contributed by atoms with Crippen LogP contribution < -0.4 is 0 Å². The topological polar surface area (TPSA) is 30.0 Å². The average molecular weight is 420 g/mol. The minimum atomic E-state index is 0.579.